The second-order valence-electron chi connectivity index (χ2n) is 7.75. The predicted octanol–water partition coefficient (Wildman–Crippen LogP) is 4.10. The maximum absolute atomic E-state index is 14.5. The second kappa shape index (κ2) is 7.87. The van der Waals surface area contributed by atoms with Crippen molar-refractivity contribution in [3.8, 4) is 5.69 Å². The number of nitrogens with zero attached hydrogens (tertiary/aromatic N) is 2. The molecule has 0 unspecified atom stereocenters. The van der Waals surface area contributed by atoms with E-state index in [2.05, 4.69) is 15.6 Å². The average molecular weight is 394 g/mol. The van der Waals surface area contributed by atoms with E-state index in [0.29, 0.717) is 28.3 Å². The summed E-state index contributed by atoms with van der Waals surface area (Å²) in [5, 5.41) is 5.53. The summed E-state index contributed by atoms with van der Waals surface area (Å²) in [7, 11) is 0. The van der Waals surface area contributed by atoms with Crippen molar-refractivity contribution in [2.45, 2.75) is 33.2 Å². The van der Waals surface area contributed by atoms with Crippen molar-refractivity contribution in [1.29, 1.82) is 0 Å². The predicted molar refractivity (Wildman–Crippen MR) is 110 cm³/mol. The van der Waals surface area contributed by atoms with Gasteiger partial charge in [-0.3, -0.25) is 9.59 Å². The molecular weight excluding hydrogens is 371 g/mol. The normalized spacial score (nSPS) is 11.2. The van der Waals surface area contributed by atoms with E-state index in [9.17, 15) is 14.0 Å². The molecule has 2 N–H and O–H groups in total. The molecule has 7 heteroatoms. The van der Waals surface area contributed by atoms with E-state index in [0.717, 1.165) is 0 Å². The third-order valence-electron chi connectivity index (χ3n) is 4.19. The molecule has 1 aromatic heterocycles. The summed E-state index contributed by atoms with van der Waals surface area (Å²) in [5.41, 5.74) is 1.17. The Morgan fingerprint density at radius 1 is 1.00 bits per heavy atom. The molecule has 1 heterocycles. The Morgan fingerprint density at radius 3 is 2.14 bits per heavy atom. The van der Waals surface area contributed by atoms with Gasteiger partial charge >= 0.3 is 0 Å². The number of rotatable bonds is 4. The van der Waals surface area contributed by atoms with E-state index in [1.54, 1.807) is 60.3 Å². The summed E-state index contributed by atoms with van der Waals surface area (Å²) in [4.78, 5) is 28.7. The van der Waals surface area contributed by atoms with Crippen LogP contribution >= 0.6 is 0 Å². The molecule has 0 atom stereocenters. The molecule has 0 bridgehead atoms. The first-order chi connectivity index (χ1) is 13.6. The van der Waals surface area contributed by atoms with Gasteiger partial charge in [-0.1, -0.05) is 0 Å². The van der Waals surface area contributed by atoms with E-state index < -0.39 is 11.7 Å². The zero-order valence-corrected chi connectivity index (χ0v) is 16.8. The van der Waals surface area contributed by atoms with E-state index in [1.807, 2.05) is 20.8 Å². The van der Waals surface area contributed by atoms with E-state index in [4.69, 9.17) is 0 Å². The van der Waals surface area contributed by atoms with Crippen LogP contribution in [0.15, 0.2) is 54.9 Å². The summed E-state index contributed by atoms with van der Waals surface area (Å²) in [5.74, 6) is -0.412. The minimum Gasteiger partial charge on any atom is -0.347 e. The van der Waals surface area contributed by atoms with Crippen molar-refractivity contribution in [3.63, 3.8) is 0 Å². The molecule has 6 nitrogen and oxygen atoms in total. The number of carbonyl (C=O) groups excluding carboxylic acids is 2. The van der Waals surface area contributed by atoms with Crippen LogP contribution in [-0.4, -0.2) is 26.9 Å². The minimum absolute atomic E-state index is 0.211. The van der Waals surface area contributed by atoms with Gasteiger partial charge in [0.25, 0.3) is 11.8 Å². The number of aromatic nitrogens is 2. The molecule has 0 aliphatic heterocycles. The fourth-order valence-corrected chi connectivity index (χ4v) is 2.80. The van der Waals surface area contributed by atoms with Crippen LogP contribution in [-0.2, 0) is 0 Å². The molecule has 0 aliphatic rings. The van der Waals surface area contributed by atoms with Gasteiger partial charge in [-0.15, -0.1) is 0 Å². The van der Waals surface area contributed by atoms with Crippen molar-refractivity contribution in [2.75, 3.05) is 5.32 Å². The Kier molecular flexibility index (Phi) is 5.50. The van der Waals surface area contributed by atoms with Crippen LogP contribution in [0.2, 0.25) is 0 Å². The van der Waals surface area contributed by atoms with Crippen LogP contribution < -0.4 is 10.6 Å². The quantitative estimate of drug-likeness (QED) is 0.699. The topological polar surface area (TPSA) is 76.0 Å². The van der Waals surface area contributed by atoms with Crippen molar-refractivity contribution in [2.24, 2.45) is 0 Å². The first-order valence-electron chi connectivity index (χ1n) is 9.18. The Balaban J connectivity index is 1.71. The number of nitrogens with one attached hydrogen (secondary N) is 2. The number of benzene rings is 2. The Morgan fingerprint density at radius 2 is 1.62 bits per heavy atom. The lowest BCUT2D eigenvalue weighted by atomic mass is 10.1. The standard InChI is InChI=1S/C22H23FN4O2/c1-14-24-11-12-27(14)19-10-9-17(13-18(19)23)25-20(28)15-5-7-16(8-6-15)21(29)26-22(2,3)4/h5-13H,1-4H3,(H,25,28)(H,26,29). The summed E-state index contributed by atoms with van der Waals surface area (Å²) >= 11 is 0. The van der Waals surface area contributed by atoms with Crippen molar-refractivity contribution in [3.05, 3.63) is 77.6 Å². The maximum Gasteiger partial charge on any atom is 0.255 e. The summed E-state index contributed by atoms with van der Waals surface area (Å²) in [6, 6.07) is 10.8. The van der Waals surface area contributed by atoms with E-state index >= 15 is 0 Å². The number of hydrogen-bond donors (Lipinski definition) is 2. The zero-order chi connectivity index (χ0) is 21.2. The molecule has 0 spiro atoms. The van der Waals surface area contributed by atoms with Crippen molar-refractivity contribution in [1.82, 2.24) is 14.9 Å². The highest BCUT2D eigenvalue weighted by Crippen LogP contribution is 2.20. The maximum atomic E-state index is 14.5. The van der Waals surface area contributed by atoms with Crippen LogP contribution in [0.1, 0.15) is 47.3 Å². The highest BCUT2D eigenvalue weighted by Gasteiger charge is 2.16. The van der Waals surface area contributed by atoms with Crippen molar-refractivity contribution < 1.29 is 14.0 Å². The minimum atomic E-state index is -0.474. The van der Waals surface area contributed by atoms with Gasteiger partial charge in [0.1, 0.15) is 11.6 Å². The van der Waals surface area contributed by atoms with Crippen LogP contribution in [0.25, 0.3) is 5.69 Å². The number of hydrogen-bond acceptors (Lipinski definition) is 3. The number of anilines is 1. The van der Waals surface area contributed by atoms with Gasteiger partial charge in [0.05, 0.1) is 5.69 Å². The second-order valence-corrected chi connectivity index (χ2v) is 7.75. The SMILES string of the molecule is Cc1nccn1-c1ccc(NC(=O)c2ccc(C(=O)NC(C)(C)C)cc2)cc1F. The fourth-order valence-electron chi connectivity index (χ4n) is 2.80. The zero-order valence-electron chi connectivity index (χ0n) is 16.8. The molecule has 2 aromatic carbocycles. The van der Waals surface area contributed by atoms with Gasteiger partial charge in [0.15, 0.2) is 0 Å². The van der Waals surface area contributed by atoms with E-state index in [1.165, 1.54) is 6.07 Å². The van der Waals surface area contributed by atoms with Gasteiger partial charge in [-0.2, -0.15) is 0 Å². The molecule has 0 saturated heterocycles. The Hall–Kier alpha value is -3.48. The molecule has 150 valence electrons. The highest BCUT2D eigenvalue weighted by molar-refractivity contribution is 6.05. The van der Waals surface area contributed by atoms with Crippen molar-refractivity contribution >= 4 is 17.5 Å². The highest BCUT2D eigenvalue weighted by atomic mass is 19.1. The largest absolute Gasteiger partial charge is 0.347 e. The molecule has 0 saturated carbocycles. The third kappa shape index (κ3) is 4.87. The van der Waals surface area contributed by atoms with Gasteiger partial charge in [0.2, 0.25) is 0 Å². The molecule has 0 aliphatic carbocycles. The third-order valence-corrected chi connectivity index (χ3v) is 4.19. The molecular formula is C22H23FN4O2. The smallest absolute Gasteiger partial charge is 0.255 e. The number of aryl methyl sites for hydroxylation is 1. The monoisotopic (exact) mass is 394 g/mol. The Labute approximate surface area is 168 Å². The van der Waals surface area contributed by atoms with Gasteiger partial charge in [-0.05, 0) is 70.2 Å². The molecule has 3 aromatic rings. The van der Waals surface area contributed by atoms with Crippen LogP contribution in [0.3, 0.4) is 0 Å². The average Bonchev–Trinajstić information content (AvgIpc) is 3.06. The molecule has 3 rings (SSSR count). The number of halogens is 1. The molecule has 2 amide bonds. The summed E-state index contributed by atoms with van der Waals surface area (Å²) in [6.07, 6.45) is 3.26. The lowest BCUT2D eigenvalue weighted by molar-refractivity contribution is 0.0918. The van der Waals surface area contributed by atoms with Crippen LogP contribution in [0, 0.1) is 12.7 Å². The summed E-state index contributed by atoms with van der Waals surface area (Å²) in [6.45, 7) is 7.46. The van der Waals surface area contributed by atoms with E-state index in [-0.39, 0.29) is 11.4 Å². The number of carbonyl (C=O) groups is 2. The van der Waals surface area contributed by atoms with Crippen LogP contribution in [0.4, 0.5) is 10.1 Å². The van der Waals surface area contributed by atoms with Gasteiger partial charge < -0.3 is 15.2 Å². The lowest BCUT2D eigenvalue weighted by Crippen LogP contribution is -2.40. The number of amides is 2. The first kappa shape index (κ1) is 20.3. The van der Waals surface area contributed by atoms with Crippen LogP contribution in [0.5, 0.6) is 0 Å². The first-order valence-corrected chi connectivity index (χ1v) is 9.18. The molecule has 0 radical (unpaired) electrons. The summed E-state index contributed by atoms with van der Waals surface area (Å²) < 4.78 is 16.1. The van der Waals surface area contributed by atoms with Gasteiger partial charge in [-0.25, -0.2) is 9.37 Å². The van der Waals surface area contributed by atoms with Gasteiger partial charge in [0, 0.05) is 34.7 Å². The molecule has 0 fully saturated rings. The fraction of sp³-hybridized carbons (Fsp3) is 0.227. The lowest BCUT2D eigenvalue weighted by Gasteiger charge is -2.20. The number of imidazole rings is 1. The Bertz CT molecular complexity index is 1050. The molecule has 29 heavy (non-hydrogen) atoms.